The van der Waals surface area contributed by atoms with Gasteiger partial charge in [0.05, 0.1) is 19.3 Å². The number of rotatable bonds is 40. The number of aliphatic hydroxyl groups is 1. The van der Waals surface area contributed by atoms with Crippen molar-refractivity contribution >= 4 is 18.2 Å². The maximum absolute atomic E-state index is 13.7. The number of ketones is 1. The van der Waals surface area contributed by atoms with Crippen LogP contribution in [0.4, 0.5) is 0 Å². The predicted octanol–water partition coefficient (Wildman–Crippen LogP) is 14.8. The smallest absolute Gasteiger partial charge is 0.305 e. The lowest BCUT2D eigenvalue weighted by Gasteiger charge is -2.27. The molecule has 0 aromatic rings. The number of nitrogens with zero attached hydrogens (tertiary/aromatic N) is 1. The van der Waals surface area contributed by atoms with Crippen LogP contribution in [0.2, 0.25) is 0 Å². The summed E-state index contributed by atoms with van der Waals surface area (Å²) in [5, 5.41) is 12.6. The van der Waals surface area contributed by atoms with Gasteiger partial charge in [-0.2, -0.15) is 0 Å². The Balaban J connectivity index is -0.00000197. The average Bonchev–Trinajstić information content (AvgIpc) is 3.58. The third kappa shape index (κ3) is 46.5. The van der Waals surface area contributed by atoms with Crippen LogP contribution in [0.25, 0.3) is 0 Å². The maximum Gasteiger partial charge on any atom is 0.305 e. The number of unbranched alkanes of at least 4 members (excludes halogenated alkanes) is 21. The van der Waals surface area contributed by atoms with Crippen molar-refractivity contribution in [2.24, 2.45) is 11.8 Å². The minimum atomic E-state index is -0.196. The zero-order chi connectivity index (χ0) is 46.7. The van der Waals surface area contributed by atoms with E-state index in [1.54, 1.807) is 0 Å². The Bertz CT molecular complexity index is 898. The van der Waals surface area contributed by atoms with Crippen molar-refractivity contribution in [3.63, 3.8) is 0 Å². The van der Waals surface area contributed by atoms with Crippen molar-refractivity contribution in [3.05, 3.63) is 0 Å². The molecular weight excluding hydrogens is 773 g/mol. The molecule has 8 nitrogen and oxygen atoms in total. The molecule has 4 atom stereocenters. The van der Waals surface area contributed by atoms with E-state index in [-0.39, 0.29) is 18.0 Å². The number of nitrogens with one attached hydrogen (secondary N) is 1. The Morgan fingerprint density at radius 1 is 0.597 bits per heavy atom. The van der Waals surface area contributed by atoms with Gasteiger partial charge in [0.2, 0.25) is 0 Å². The van der Waals surface area contributed by atoms with Gasteiger partial charge >= 0.3 is 5.97 Å². The first-order chi connectivity index (χ1) is 30.2. The quantitative estimate of drug-likeness (QED) is 0.0356. The molecule has 0 aromatic heterocycles. The zero-order valence-electron chi connectivity index (χ0n) is 43.2. The first-order valence-corrected chi connectivity index (χ1v) is 26.9. The molecule has 1 saturated heterocycles. The Kier molecular flexibility index (Phi) is 56.2. The molecule has 1 rings (SSSR count). The van der Waals surface area contributed by atoms with E-state index in [0.717, 1.165) is 96.6 Å². The molecule has 0 aliphatic carbocycles. The molecule has 1 aliphatic rings. The lowest BCUT2D eigenvalue weighted by Crippen LogP contribution is -2.28. The van der Waals surface area contributed by atoms with Gasteiger partial charge in [-0.15, -0.1) is 0 Å². The SMILES string of the molecule is CCCCC.CCCCCCC.CCCCCCCCC(CCCCCCC)C(CCCOC(=O)CCCCCN1CC(O)CC1C)C(=O)CCCCCCCOC=O.CNC. The summed E-state index contributed by atoms with van der Waals surface area (Å²) in [7, 11) is 3.75. The van der Waals surface area contributed by atoms with Crippen LogP contribution in [0, 0.1) is 11.8 Å². The van der Waals surface area contributed by atoms with Crippen LogP contribution in [-0.2, 0) is 23.9 Å². The highest BCUT2D eigenvalue weighted by atomic mass is 16.5. The minimum absolute atomic E-state index is 0.0722. The van der Waals surface area contributed by atoms with E-state index in [0.29, 0.717) is 50.3 Å². The average molecular weight is 883 g/mol. The molecule has 4 unspecified atom stereocenters. The van der Waals surface area contributed by atoms with E-state index < -0.39 is 0 Å². The predicted molar refractivity (Wildman–Crippen MR) is 268 cm³/mol. The Morgan fingerprint density at radius 3 is 1.53 bits per heavy atom. The first kappa shape index (κ1) is 64.8. The fraction of sp³-hybridized carbons (Fsp3) is 0.944. The molecule has 1 aliphatic heterocycles. The maximum atomic E-state index is 13.7. The molecule has 0 bridgehead atoms. The highest BCUT2D eigenvalue weighted by Crippen LogP contribution is 2.31. The number of likely N-dealkylation sites (tertiary alicyclic amines) is 1. The molecular formula is C54H110N2O6. The molecule has 0 saturated carbocycles. The van der Waals surface area contributed by atoms with Crippen molar-refractivity contribution in [1.29, 1.82) is 0 Å². The highest BCUT2D eigenvalue weighted by Gasteiger charge is 2.28. The van der Waals surface area contributed by atoms with Gasteiger partial charge in [0.25, 0.3) is 6.47 Å². The number of carbonyl (C=O) groups excluding carboxylic acids is 3. The summed E-state index contributed by atoms with van der Waals surface area (Å²) in [5.74, 6) is 0.815. The number of carbonyl (C=O) groups is 3. The third-order valence-corrected chi connectivity index (χ3v) is 12.2. The Morgan fingerprint density at radius 2 is 1.05 bits per heavy atom. The van der Waals surface area contributed by atoms with E-state index in [4.69, 9.17) is 9.47 Å². The zero-order valence-corrected chi connectivity index (χ0v) is 43.2. The number of ether oxygens (including phenoxy) is 2. The summed E-state index contributed by atoms with van der Waals surface area (Å²) in [6.45, 7) is 18.8. The number of hydrogen-bond donors (Lipinski definition) is 2. The number of hydrogen-bond acceptors (Lipinski definition) is 8. The molecule has 2 N–H and O–H groups in total. The summed E-state index contributed by atoms with van der Waals surface area (Å²) >= 11 is 0. The molecule has 1 fully saturated rings. The summed E-state index contributed by atoms with van der Waals surface area (Å²) < 4.78 is 10.4. The van der Waals surface area contributed by atoms with Crippen LogP contribution < -0.4 is 5.32 Å². The van der Waals surface area contributed by atoms with Crippen LogP contribution in [0.1, 0.15) is 267 Å². The molecule has 0 spiro atoms. The van der Waals surface area contributed by atoms with Crippen molar-refractivity contribution in [1.82, 2.24) is 10.2 Å². The van der Waals surface area contributed by atoms with Gasteiger partial charge in [-0.05, 0) is 91.3 Å². The second-order valence-electron chi connectivity index (χ2n) is 18.4. The van der Waals surface area contributed by atoms with E-state index in [1.165, 1.54) is 122 Å². The fourth-order valence-corrected chi connectivity index (χ4v) is 8.38. The largest absolute Gasteiger partial charge is 0.468 e. The lowest BCUT2D eigenvalue weighted by atomic mass is 9.77. The van der Waals surface area contributed by atoms with Gasteiger partial charge in [0.15, 0.2) is 0 Å². The number of esters is 1. The van der Waals surface area contributed by atoms with E-state index >= 15 is 0 Å². The van der Waals surface area contributed by atoms with Crippen LogP contribution in [0.5, 0.6) is 0 Å². The second kappa shape index (κ2) is 53.8. The van der Waals surface area contributed by atoms with Crippen molar-refractivity contribution in [2.75, 3.05) is 40.4 Å². The van der Waals surface area contributed by atoms with Crippen LogP contribution >= 0.6 is 0 Å². The number of β-amino-alcohol motifs (C(OH)–C–C–N with tert-alkyl or cyclic N) is 1. The minimum Gasteiger partial charge on any atom is -0.468 e. The summed E-state index contributed by atoms with van der Waals surface area (Å²) in [4.78, 5) is 38.9. The third-order valence-electron chi connectivity index (χ3n) is 12.2. The van der Waals surface area contributed by atoms with Crippen molar-refractivity contribution in [3.8, 4) is 0 Å². The van der Waals surface area contributed by atoms with Gasteiger partial charge in [-0.1, -0.05) is 189 Å². The normalized spacial score (nSPS) is 15.6. The number of Topliss-reactive ketones (excluding diaryl/α,β-unsaturated/α-hetero) is 1. The van der Waals surface area contributed by atoms with Crippen molar-refractivity contribution in [2.45, 2.75) is 279 Å². The van der Waals surface area contributed by atoms with Gasteiger partial charge in [-0.3, -0.25) is 19.3 Å². The summed E-state index contributed by atoms with van der Waals surface area (Å²) in [5.41, 5.74) is 0. The van der Waals surface area contributed by atoms with Gasteiger partial charge in [-0.25, -0.2) is 0 Å². The van der Waals surface area contributed by atoms with Crippen LogP contribution in [0.3, 0.4) is 0 Å². The Hall–Kier alpha value is -1.51. The molecule has 1 heterocycles. The molecule has 0 radical (unpaired) electrons. The van der Waals surface area contributed by atoms with Crippen LogP contribution in [0.15, 0.2) is 0 Å². The molecule has 0 amide bonds. The second-order valence-corrected chi connectivity index (χ2v) is 18.4. The van der Waals surface area contributed by atoms with Crippen molar-refractivity contribution < 1.29 is 29.0 Å². The molecule has 8 heteroatoms. The molecule has 0 aromatic carbocycles. The highest BCUT2D eigenvalue weighted by molar-refractivity contribution is 5.81. The number of aliphatic hydroxyl groups excluding tert-OH is 1. The standard InChI is InChI=1S/C40H75NO6.C7H16.C5H12.C2H7N/c1-4-6-8-10-13-18-25-36(24-17-12-9-7-5-2)38(39(44)27-19-14-11-15-22-30-46-34-42)26-23-31-47-40(45)28-20-16-21-29-41-33-37(43)32-35(41)3;1-3-5-7-6-4-2;1-3-5-4-2;1-3-2/h34-38,43H,4-33H2,1-3H3;3-7H2,1-2H3;3-5H2,1-2H3;3H,1-2H3. The Labute approximate surface area is 387 Å². The van der Waals surface area contributed by atoms with Crippen LogP contribution in [-0.4, -0.2) is 80.8 Å². The summed E-state index contributed by atoms with van der Waals surface area (Å²) in [6, 6.07) is 0.442. The lowest BCUT2D eigenvalue weighted by molar-refractivity contribution is -0.144. The van der Waals surface area contributed by atoms with E-state index in [1.807, 2.05) is 14.1 Å². The first-order valence-electron chi connectivity index (χ1n) is 26.9. The van der Waals surface area contributed by atoms with E-state index in [2.05, 4.69) is 58.7 Å². The monoisotopic (exact) mass is 883 g/mol. The van der Waals surface area contributed by atoms with Gasteiger partial charge < -0.3 is 19.9 Å². The molecule has 372 valence electrons. The fourth-order valence-electron chi connectivity index (χ4n) is 8.38. The topological polar surface area (TPSA) is 105 Å². The van der Waals surface area contributed by atoms with E-state index in [9.17, 15) is 19.5 Å². The molecule has 62 heavy (non-hydrogen) atoms. The van der Waals surface area contributed by atoms with Gasteiger partial charge in [0.1, 0.15) is 5.78 Å². The van der Waals surface area contributed by atoms with Gasteiger partial charge in [0, 0.05) is 31.3 Å². The summed E-state index contributed by atoms with van der Waals surface area (Å²) in [6.07, 6.45) is 38.5.